The van der Waals surface area contributed by atoms with Crippen molar-refractivity contribution in [2.75, 3.05) is 41.0 Å². The second kappa shape index (κ2) is 9.43. The molecule has 1 aromatic carbocycles. The molecule has 0 aliphatic carbocycles. The lowest BCUT2D eigenvalue weighted by Crippen LogP contribution is -2.19. The molecule has 3 aromatic rings. The van der Waals surface area contributed by atoms with Gasteiger partial charge in [-0.15, -0.1) is 0 Å². The first-order valence-corrected chi connectivity index (χ1v) is 9.28. The summed E-state index contributed by atoms with van der Waals surface area (Å²) in [6, 6.07) is 9.78. The van der Waals surface area contributed by atoms with E-state index in [2.05, 4.69) is 22.0 Å². The van der Waals surface area contributed by atoms with E-state index in [9.17, 15) is 4.79 Å². The van der Waals surface area contributed by atoms with Gasteiger partial charge in [-0.05, 0) is 31.8 Å². The third-order valence-corrected chi connectivity index (χ3v) is 4.53. The van der Waals surface area contributed by atoms with E-state index < -0.39 is 0 Å². The maximum atomic E-state index is 12.0. The summed E-state index contributed by atoms with van der Waals surface area (Å²) in [5.41, 5.74) is 3.27. The van der Waals surface area contributed by atoms with Crippen LogP contribution in [0.4, 0.5) is 0 Å². The zero-order valence-corrected chi connectivity index (χ0v) is 16.6. The Labute approximate surface area is 164 Å². The molecule has 0 spiro atoms. The van der Waals surface area contributed by atoms with Crippen molar-refractivity contribution >= 4 is 16.9 Å². The Balaban J connectivity index is 1.80. The summed E-state index contributed by atoms with van der Waals surface area (Å²) < 4.78 is 12.6. The number of fused-ring (bicyclic) bond motifs is 1. The van der Waals surface area contributed by atoms with E-state index in [1.165, 1.54) is 7.11 Å². The molecule has 0 unspecified atom stereocenters. The molecule has 0 saturated carbocycles. The van der Waals surface area contributed by atoms with Gasteiger partial charge in [0.05, 0.1) is 43.6 Å². The lowest BCUT2D eigenvalue weighted by atomic mass is 10.0. The molecule has 0 aliphatic rings. The number of hydrogen-bond donors (Lipinski definition) is 0. The van der Waals surface area contributed by atoms with E-state index in [1.54, 1.807) is 18.5 Å². The molecule has 7 nitrogen and oxygen atoms in total. The monoisotopic (exact) mass is 382 g/mol. The van der Waals surface area contributed by atoms with Crippen LogP contribution < -0.4 is 0 Å². The molecule has 0 radical (unpaired) electrons. The standard InChI is InChI=1S/C21H26N4O3/c1-24(2)10-12-28-13-11-25-20-7-5-4-6-18(20)19(23-25)14-16-15-22-9-8-17(16)21(26)27-3/h4-9,15H,10-14H2,1-3H3. The maximum Gasteiger partial charge on any atom is 0.338 e. The summed E-state index contributed by atoms with van der Waals surface area (Å²) in [6.45, 7) is 2.85. The first kappa shape index (κ1) is 20.0. The highest BCUT2D eigenvalue weighted by molar-refractivity contribution is 5.91. The molecule has 148 valence electrons. The van der Waals surface area contributed by atoms with Gasteiger partial charge in [0.1, 0.15) is 0 Å². The Morgan fingerprint density at radius 3 is 2.79 bits per heavy atom. The van der Waals surface area contributed by atoms with E-state index in [1.807, 2.05) is 30.9 Å². The number of benzene rings is 1. The molecule has 7 heteroatoms. The minimum Gasteiger partial charge on any atom is -0.465 e. The fourth-order valence-electron chi connectivity index (χ4n) is 3.05. The van der Waals surface area contributed by atoms with Gasteiger partial charge in [-0.3, -0.25) is 9.67 Å². The van der Waals surface area contributed by atoms with Gasteiger partial charge in [-0.25, -0.2) is 4.79 Å². The van der Waals surface area contributed by atoms with Gasteiger partial charge in [0, 0.05) is 30.7 Å². The zero-order valence-electron chi connectivity index (χ0n) is 16.6. The van der Waals surface area contributed by atoms with Gasteiger partial charge in [0.25, 0.3) is 0 Å². The maximum absolute atomic E-state index is 12.0. The summed E-state index contributed by atoms with van der Waals surface area (Å²) in [5.74, 6) is -0.365. The number of nitrogens with zero attached hydrogens (tertiary/aromatic N) is 4. The number of aromatic nitrogens is 3. The first-order chi connectivity index (χ1) is 13.6. The number of carbonyl (C=O) groups is 1. The van der Waals surface area contributed by atoms with Crippen molar-refractivity contribution in [3.8, 4) is 0 Å². The number of likely N-dealkylation sites (N-methyl/N-ethyl adjacent to an activating group) is 1. The van der Waals surface area contributed by atoms with Crippen LogP contribution in [-0.4, -0.2) is 66.6 Å². The van der Waals surface area contributed by atoms with Crippen LogP contribution >= 0.6 is 0 Å². The Morgan fingerprint density at radius 2 is 2.00 bits per heavy atom. The minimum atomic E-state index is -0.365. The minimum absolute atomic E-state index is 0.365. The van der Waals surface area contributed by atoms with E-state index in [-0.39, 0.29) is 5.97 Å². The Bertz CT molecular complexity index is 936. The largest absolute Gasteiger partial charge is 0.465 e. The second-order valence-electron chi connectivity index (χ2n) is 6.80. The highest BCUT2D eigenvalue weighted by Crippen LogP contribution is 2.22. The van der Waals surface area contributed by atoms with Crippen LogP contribution in [0.15, 0.2) is 42.7 Å². The molecule has 0 amide bonds. The molecule has 0 aliphatic heterocycles. The molecule has 2 aromatic heterocycles. The van der Waals surface area contributed by atoms with E-state index in [0.717, 1.165) is 28.7 Å². The topological polar surface area (TPSA) is 69.5 Å². The molecule has 0 fully saturated rings. The number of methoxy groups -OCH3 is 1. The third kappa shape index (κ3) is 4.74. The number of pyridine rings is 1. The van der Waals surface area contributed by atoms with Crippen molar-refractivity contribution in [1.29, 1.82) is 0 Å². The van der Waals surface area contributed by atoms with E-state index in [4.69, 9.17) is 14.6 Å². The normalized spacial score (nSPS) is 11.3. The third-order valence-electron chi connectivity index (χ3n) is 4.53. The zero-order chi connectivity index (χ0) is 19.9. The summed E-state index contributed by atoms with van der Waals surface area (Å²) in [6.07, 6.45) is 3.80. The average molecular weight is 382 g/mol. The summed E-state index contributed by atoms with van der Waals surface area (Å²) in [4.78, 5) is 18.3. The molecule has 0 atom stereocenters. The molecule has 28 heavy (non-hydrogen) atoms. The van der Waals surface area contributed by atoms with Gasteiger partial charge in [-0.2, -0.15) is 5.10 Å². The lowest BCUT2D eigenvalue weighted by molar-refractivity contribution is 0.0599. The van der Waals surface area contributed by atoms with Gasteiger partial charge >= 0.3 is 5.97 Å². The summed E-state index contributed by atoms with van der Waals surface area (Å²) >= 11 is 0. The number of hydrogen-bond acceptors (Lipinski definition) is 6. The molecule has 3 rings (SSSR count). The predicted octanol–water partition coefficient (Wildman–Crippen LogP) is 2.39. The molecular formula is C21H26N4O3. The van der Waals surface area contributed by atoms with Gasteiger partial charge < -0.3 is 14.4 Å². The van der Waals surface area contributed by atoms with Crippen LogP contribution in [0.3, 0.4) is 0 Å². The second-order valence-corrected chi connectivity index (χ2v) is 6.80. The fraction of sp³-hybridized carbons (Fsp3) is 0.381. The number of carbonyl (C=O) groups excluding carboxylic acids is 1. The van der Waals surface area contributed by atoms with Crippen LogP contribution in [0.2, 0.25) is 0 Å². The molecule has 2 heterocycles. The predicted molar refractivity (Wildman–Crippen MR) is 107 cm³/mol. The smallest absolute Gasteiger partial charge is 0.338 e. The average Bonchev–Trinajstić information content (AvgIpc) is 3.05. The van der Waals surface area contributed by atoms with Crippen molar-refractivity contribution in [1.82, 2.24) is 19.7 Å². The Hall–Kier alpha value is -2.77. The van der Waals surface area contributed by atoms with Crippen molar-refractivity contribution in [2.24, 2.45) is 0 Å². The van der Waals surface area contributed by atoms with Gasteiger partial charge in [0.2, 0.25) is 0 Å². The molecule has 0 bridgehead atoms. The Kier molecular flexibility index (Phi) is 6.73. The van der Waals surface area contributed by atoms with E-state index >= 15 is 0 Å². The van der Waals surface area contributed by atoms with Crippen molar-refractivity contribution < 1.29 is 14.3 Å². The number of para-hydroxylation sites is 1. The van der Waals surface area contributed by atoms with Crippen LogP contribution in [0.25, 0.3) is 10.9 Å². The Morgan fingerprint density at radius 1 is 1.18 bits per heavy atom. The van der Waals surface area contributed by atoms with Crippen LogP contribution in [0.1, 0.15) is 21.6 Å². The van der Waals surface area contributed by atoms with Gasteiger partial charge in [0.15, 0.2) is 0 Å². The van der Waals surface area contributed by atoms with Crippen molar-refractivity contribution in [3.05, 3.63) is 59.5 Å². The first-order valence-electron chi connectivity index (χ1n) is 9.28. The van der Waals surface area contributed by atoms with Crippen molar-refractivity contribution in [3.63, 3.8) is 0 Å². The van der Waals surface area contributed by atoms with E-state index in [0.29, 0.717) is 31.7 Å². The highest BCUT2D eigenvalue weighted by atomic mass is 16.5. The highest BCUT2D eigenvalue weighted by Gasteiger charge is 2.16. The quantitative estimate of drug-likeness (QED) is 0.418. The van der Waals surface area contributed by atoms with Crippen LogP contribution in [0, 0.1) is 0 Å². The SMILES string of the molecule is COC(=O)c1ccncc1Cc1nn(CCOCCN(C)C)c2ccccc12. The van der Waals surface area contributed by atoms with Gasteiger partial charge in [-0.1, -0.05) is 18.2 Å². The molecular weight excluding hydrogens is 356 g/mol. The summed E-state index contributed by atoms with van der Waals surface area (Å²) in [7, 11) is 5.43. The molecule has 0 saturated heterocycles. The number of ether oxygens (including phenoxy) is 2. The lowest BCUT2D eigenvalue weighted by Gasteiger charge is -2.10. The van der Waals surface area contributed by atoms with Crippen molar-refractivity contribution in [2.45, 2.75) is 13.0 Å². The number of rotatable bonds is 9. The fourth-order valence-corrected chi connectivity index (χ4v) is 3.05. The van der Waals surface area contributed by atoms with Crippen LogP contribution in [0.5, 0.6) is 0 Å². The summed E-state index contributed by atoms with van der Waals surface area (Å²) in [5, 5.41) is 5.86. The number of esters is 1. The van der Waals surface area contributed by atoms with Crippen LogP contribution in [-0.2, 0) is 22.4 Å². The molecule has 0 N–H and O–H groups in total.